The van der Waals surface area contributed by atoms with Crippen LogP contribution >= 0.6 is 11.6 Å². The molecule has 1 aromatic rings. The molecule has 2 rings (SSSR count). The van der Waals surface area contributed by atoms with Gasteiger partial charge in [-0.1, -0.05) is 17.7 Å². The summed E-state index contributed by atoms with van der Waals surface area (Å²) < 4.78 is 5.68. The maximum atomic E-state index is 9.57. The van der Waals surface area contributed by atoms with Crippen LogP contribution in [0, 0.1) is 0 Å². The van der Waals surface area contributed by atoms with E-state index in [1.165, 1.54) is 0 Å². The summed E-state index contributed by atoms with van der Waals surface area (Å²) in [6.45, 7) is 6.51. The van der Waals surface area contributed by atoms with E-state index >= 15 is 0 Å². The predicted octanol–water partition coefficient (Wildman–Crippen LogP) is 3.40. The SMILES string of the molecule is CCN(CC1CCCO1)c1ccc([C@H](C)O)cc1Cl. The van der Waals surface area contributed by atoms with Crippen LogP contribution in [0.5, 0.6) is 0 Å². The van der Waals surface area contributed by atoms with Crippen molar-refractivity contribution in [3.05, 3.63) is 28.8 Å². The molecular weight excluding hydrogens is 262 g/mol. The molecule has 1 heterocycles. The molecule has 106 valence electrons. The fourth-order valence-electron chi connectivity index (χ4n) is 2.47. The Labute approximate surface area is 120 Å². The summed E-state index contributed by atoms with van der Waals surface area (Å²) in [5, 5.41) is 10.3. The third kappa shape index (κ3) is 3.62. The minimum absolute atomic E-state index is 0.312. The van der Waals surface area contributed by atoms with E-state index < -0.39 is 6.10 Å². The van der Waals surface area contributed by atoms with Gasteiger partial charge in [-0.25, -0.2) is 0 Å². The molecule has 1 unspecified atom stereocenters. The number of rotatable bonds is 5. The molecule has 0 radical (unpaired) electrons. The van der Waals surface area contributed by atoms with Crippen LogP contribution in [0.4, 0.5) is 5.69 Å². The summed E-state index contributed by atoms with van der Waals surface area (Å²) in [6.07, 6.45) is 2.10. The van der Waals surface area contributed by atoms with Crippen molar-refractivity contribution in [3.63, 3.8) is 0 Å². The number of hydrogen-bond acceptors (Lipinski definition) is 3. The van der Waals surface area contributed by atoms with E-state index in [0.717, 1.165) is 43.8 Å². The van der Waals surface area contributed by atoms with Crippen LogP contribution in [-0.4, -0.2) is 30.9 Å². The van der Waals surface area contributed by atoms with Gasteiger partial charge in [0.2, 0.25) is 0 Å². The maximum absolute atomic E-state index is 9.57. The number of hydrogen-bond donors (Lipinski definition) is 1. The van der Waals surface area contributed by atoms with Gasteiger partial charge >= 0.3 is 0 Å². The van der Waals surface area contributed by atoms with Crippen molar-refractivity contribution >= 4 is 17.3 Å². The Morgan fingerprint density at radius 3 is 2.84 bits per heavy atom. The normalized spacial score (nSPS) is 20.5. The molecule has 0 aliphatic carbocycles. The highest BCUT2D eigenvalue weighted by atomic mass is 35.5. The first-order chi connectivity index (χ1) is 9.11. The summed E-state index contributed by atoms with van der Waals surface area (Å²) in [5.74, 6) is 0. The summed E-state index contributed by atoms with van der Waals surface area (Å²) in [4.78, 5) is 2.24. The predicted molar refractivity (Wildman–Crippen MR) is 78.9 cm³/mol. The van der Waals surface area contributed by atoms with Gasteiger partial charge in [-0.2, -0.15) is 0 Å². The highest BCUT2D eigenvalue weighted by molar-refractivity contribution is 6.33. The van der Waals surface area contributed by atoms with Gasteiger partial charge in [0.05, 0.1) is 22.9 Å². The average molecular weight is 284 g/mol. The van der Waals surface area contributed by atoms with Crippen LogP contribution in [0.25, 0.3) is 0 Å². The first kappa shape index (κ1) is 14.6. The molecule has 3 nitrogen and oxygen atoms in total. The Kier molecular flexibility index (Phi) is 5.08. The van der Waals surface area contributed by atoms with E-state index in [1.807, 2.05) is 18.2 Å². The Morgan fingerprint density at radius 2 is 2.32 bits per heavy atom. The van der Waals surface area contributed by atoms with Crippen molar-refractivity contribution in [2.24, 2.45) is 0 Å². The van der Waals surface area contributed by atoms with E-state index in [4.69, 9.17) is 16.3 Å². The smallest absolute Gasteiger partial charge is 0.0762 e. The van der Waals surface area contributed by atoms with Crippen molar-refractivity contribution in [1.82, 2.24) is 0 Å². The zero-order valence-electron chi connectivity index (χ0n) is 11.6. The van der Waals surface area contributed by atoms with Crippen LogP contribution in [0.1, 0.15) is 38.4 Å². The van der Waals surface area contributed by atoms with Gasteiger partial charge in [0.15, 0.2) is 0 Å². The number of likely N-dealkylation sites (N-methyl/N-ethyl adjacent to an activating group) is 1. The third-order valence-electron chi connectivity index (χ3n) is 3.62. The Balaban J connectivity index is 2.13. The fraction of sp³-hybridized carbons (Fsp3) is 0.600. The lowest BCUT2D eigenvalue weighted by Crippen LogP contribution is -2.32. The molecule has 1 N–H and O–H groups in total. The number of nitrogens with zero attached hydrogens (tertiary/aromatic N) is 1. The number of anilines is 1. The number of benzene rings is 1. The molecule has 1 saturated heterocycles. The first-order valence-corrected chi connectivity index (χ1v) is 7.33. The van der Waals surface area contributed by atoms with E-state index in [2.05, 4.69) is 11.8 Å². The van der Waals surface area contributed by atoms with E-state index in [1.54, 1.807) is 6.92 Å². The molecule has 0 bridgehead atoms. The second-order valence-electron chi connectivity index (χ2n) is 5.06. The van der Waals surface area contributed by atoms with Gasteiger partial charge in [-0.3, -0.25) is 0 Å². The van der Waals surface area contributed by atoms with Gasteiger partial charge in [0, 0.05) is 19.7 Å². The minimum Gasteiger partial charge on any atom is -0.389 e. The topological polar surface area (TPSA) is 32.7 Å². The van der Waals surface area contributed by atoms with Crippen molar-refractivity contribution < 1.29 is 9.84 Å². The van der Waals surface area contributed by atoms with Crippen LogP contribution in [-0.2, 0) is 4.74 Å². The van der Waals surface area contributed by atoms with Crippen molar-refractivity contribution in [3.8, 4) is 0 Å². The standard InChI is InChI=1S/C15H22ClNO2/c1-3-17(10-13-5-4-8-19-13)15-7-6-12(11(2)18)9-14(15)16/h6-7,9,11,13,18H,3-5,8,10H2,1-2H3/t11-,13?/m0/s1. The molecule has 19 heavy (non-hydrogen) atoms. The van der Waals surface area contributed by atoms with Gasteiger partial charge in [0.1, 0.15) is 0 Å². The molecule has 0 spiro atoms. The Hall–Kier alpha value is -0.770. The lowest BCUT2D eigenvalue weighted by Gasteiger charge is -2.27. The maximum Gasteiger partial charge on any atom is 0.0762 e. The second kappa shape index (κ2) is 6.60. The molecular formula is C15H22ClNO2. The monoisotopic (exact) mass is 283 g/mol. The molecule has 0 saturated carbocycles. The highest BCUT2D eigenvalue weighted by Gasteiger charge is 2.20. The summed E-state index contributed by atoms with van der Waals surface area (Å²) in [6, 6.07) is 5.77. The number of ether oxygens (including phenoxy) is 1. The van der Waals surface area contributed by atoms with Crippen molar-refractivity contribution in [1.29, 1.82) is 0 Å². The summed E-state index contributed by atoms with van der Waals surface area (Å²) in [5.41, 5.74) is 1.87. The quantitative estimate of drug-likeness (QED) is 0.899. The van der Waals surface area contributed by atoms with Crippen LogP contribution in [0.2, 0.25) is 5.02 Å². The molecule has 0 amide bonds. The molecule has 2 atom stereocenters. The zero-order valence-corrected chi connectivity index (χ0v) is 12.4. The molecule has 1 aliphatic rings. The zero-order chi connectivity index (χ0) is 13.8. The van der Waals surface area contributed by atoms with Crippen molar-refractivity contribution in [2.45, 2.75) is 38.9 Å². The summed E-state index contributed by atoms with van der Waals surface area (Å²) >= 11 is 6.34. The van der Waals surface area contributed by atoms with Gasteiger partial charge < -0.3 is 14.7 Å². The Bertz CT molecular complexity index is 417. The largest absolute Gasteiger partial charge is 0.389 e. The molecule has 1 aromatic carbocycles. The number of halogens is 1. The van der Waals surface area contributed by atoms with E-state index in [9.17, 15) is 5.11 Å². The van der Waals surface area contributed by atoms with Crippen molar-refractivity contribution in [2.75, 3.05) is 24.6 Å². The van der Waals surface area contributed by atoms with Crippen LogP contribution in [0.15, 0.2) is 18.2 Å². The van der Waals surface area contributed by atoms with E-state index in [-0.39, 0.29) is 0 Å². The first-order valence-electron chi connectivity index (χ1n) is 6.96. The lowest BCUT2D eigenvalue weighted by atomic mass is 10.1. The van der Waals surface area contributed by atoms with Crippen LogP contribution < -0.4 is 4.90 Å². The minimum atomic E-state index is -0.486. The van der Waals surface area contributed by atoms with Crippen LogP contribution in [0.3, 0.4) is 0 Å². The van der Waals surface area contributed by atoms with E-state index in [0.29, 0.717) is 11.1 Å². The molecule has 0 aromatic heterocycles. The van der Waals surface area contributed by atoms with Gasteiger partial charge in [-0.15, -0.1) is 0 Å². The molecule has 4 heteroatoms. The van der Waals surface area contributed by atoms with Gasteiger partial charge in [0.25, 0.3) is 0 Å². The molecule has 1 fully saturated rings. The third-order valence-corrected chi connectivity index (χ3v) is 3.93. The Morgan fingerprint density at radius 1 is 1.53 bits per heavy atom. The summed E-state index contributed by atoms with van der Waals surface area (Å²) in [7, 11) is 0. The fourth-order valence-corrected chi connectivity index (χ4v) is 2.78. The molecule has 1 aliphatic heterocycles. The lowest BCUT2D eigenvalue weighted by molar-refractivity contribution is 0.115. The second-order valence-corrected chi connectivity index (χ2v) is 5.47. The number of aliphatic hydroxyl groups excluding tert-OH is 1. The van der Waals surface area contributed by atoms with Gasteiger partial charge in [-0.05, 0) is 44.4 Å². The average Bonchev–Trinajstić information content (AvgIpc) is 2.89. The number of aliphatic hydroxyl groups is 1. The highest BCUT2D eigenvalue weighted by Crippen LogP contribution is 2.30.